The summed E-state index contributed by atoms with van der Waals surface area (Å²) in [6.45, 7) is 6.39. The van der Waals surface area contributed by atoms with Gasteiger partial charge in [0, 0.05) is 5.41 Å². The largest absolute Gasteiger partial charge is 0.480 e. The van der Waals surface area contributed by atoms with Gasteiger partial charge >= 0.3 is 5.97 Å². The molecule has 0 saturated heterocycles. The number of nitrogens with two attached hydrogens (primary N) is 1. The second-order valence-corrected chi connectivity index (χ2v) is 5.77. The highest BCUT2D eigenvalue weighted by molar-refractivity contribution is 5.81. The number of rotatable bonds is 1. The van der Waals surface area contributed by atoms with Gasteiger partial charge in [-0.1, -0.05) is 20.8 Å². The van der Waals surface area contributed by atoms with Crippen LogP contribution >= 0.6 is 0 Å². The summed E-state index contributed by atoms with van der Waals surface area (Å²) in [5, 5.41) is 9.27. The van der Waals surface area contributed by atoms with Crippen molar-refractivity contribution in [2.45, 2.75) is 45.6 Å². The monoisotopic (exact) mass is 197 g/mol. The van der Waals surface area contributed by atoms with Crippen LogP contribution in [0.2, 0.25) is 0 Å². The van der Waals surface area contributed by atoms with Crippen LogP contribution in [0.5, 0.6) is 0 Å². The van der Waals surface area contributed by atoms with Crippen LogP contribution in [0.1, 0.15) is 40.0 Å². The van der Waals surface area contributed by atoms with Crippen LogP contribution in [0.25, 0.3) is 0 Å². The van der Waals surface area contributed by atoms with E-state index < -0.39 is 11.5 Å². The molecule has 0 heterocycles. The van der Waals surface area contributed by atoms with Crippen LogP contribution < -0.4 is 5.73 Å². The van der Waals surface area contributed by atoms with E-state index in [-0.39, 0.29) is 10.8 Å². The first kappa shape index (κ1) is 9.97. The van der Waals surface area contributed by atoms with Crippen molar-refractivity contribution in [2.24, 2.45) is 22.5 Å². The van der Waals surface area contributed by atoms with Crippen molar-refractivity contribution >= 4 is 5.97 Å². The van der Waals surface area contributed by atoms with Gasteiger partial charge in [-0.05, 0) is 30.6 Å². The third kappa shape index (κ3) is 0.761. The first-order chi connectivity index (χ1) is 6.26. The second-order valence-electron chi connectivity index (χ2n) is 5.77. The van der Waals surface area contributed by atoms with Crippen molar-refractivity contribution in [3.8, 4) is 0 Å². The first-order valence-corrected chi connectivity index (χ1v) is 5.28. The summed E-state index contributed by atoms with van der Waals surface area (Å²) in [5.74, 6) is -0.344. The molecule has 0 aromatic rings. The first-order valence-electron chi connectivity index (χ1n) is 5.28. The average Bonchev–Trinajstić information content (AvgIpc) is 2.36. The fourth-order valence-electron chi connectivity index (χ4n) is 3.69. The summed E-state index contributed by atoms with van der Waals surface area (Å²) >= 11 is 0. The Kier molecular flexibility index (Phi) is 1.65. The van der Waals surface area contributed by atoms with Crippen LogP contribution in [0, 0.1) is 16.7 Å². The predicted molar refractivity (Wildman–Crippen MR) is 53.8 cm³/mol. The minimum Gasteiger partial charge on any atom is -0.480 e. The molecule has 14 heavy (non-hydrogen) atoms. The molecule has 2 saturated carbocycles. The fraction of sp³-hybridized carbons (Fsp3) is 0.909. The molecule has 2 rings (SSSR count). The van der Waals surface area contributed by atoms with E-state index in [9.17, 15) is 9.90 Å². The van der Waals surface area contributed by atoms with E-state index in [4.69, 9.17) is 5.73 Å². The van der Waals surface area contributed by atoms with E-state index in [0.29, 0.717) is 12.3 Å². The number of carboxylic acids is 1. The highest BCUT2D eigenvalue weighted by atomic mass is 16.4. The molecule has 0 unspecified atom stereocenters. The van der Waals surface area contributed by atoms with E-state index in [1.54, 1.807) is 0 Å². The Bertz CT molecular complexity index is 300. The van der Waals surface area contributed by atoms with Crippen LogP contribution in [-0.2, 0) is 4.79 Å². The maximum Gasteiger partial charge on any atom is 0.324 e. The quantitative estimate of drug-likeness (QED) is 0.671. The topological polar surface area (TPSA) is 63.3 Å². The van der Waals surface area contributed by atoms with Gasteiger partial charge in [-0.25, -0.2) is 0 Å². The van der Waals surface area contributed by atoms with Gasteiger partial charge < -0.3 is 10.8 Å². The van der Waals surface area contributed by atoms with Gasteiger partial charge in [0.1, 0.15) is 5.54 Å². The molecule has 2 fully saturated rings. The summed E-state index contributed by atoms with van der Waals surface area (Å²) < 4.78 is 0. The third-order valence-corrected chi connectivity index (χ3v) is 5.37. The maximum atomic E-state index is 11.3. The normalized spacial score (nSPS) is 49.6. The Morgan fingerprint density at radius 3 is 2.21 bits per heavy atom. The Hall–Kier alpha value is -0.570. The number of hydrogen-bond acceptors (Lipinski definition) is 2. The van der Waals surface area contributed by atoms with Gasteiger partial charge in [0.25, 0.3) is 0 Å². The number of carbonyl (C=O) groups is 1. The van der Waals surface area contributed by atoms with Crippen molar-refractivity contribution in [3.63, 3.8) is 0 Å². The van der Waals surface area contributed by atoms with E-state index in [2.05, 4.69) is 13.8 Å². The third-order valence-electron chi connectivity index (χ3n) is 5.37. The molecular formula is C11H19NO2. The molecule has 3 heteroatoms. The molecule has 3 nitrogen and oxygen atoms in total. The number of aliphatic carboxylic acids is 1. The van der Waals surface area contributed by atoms with Crippen molar-refractivity contribution in [1.82, 2.24) is 0 Å². The van der Waals surface area contributed by atoms with Crippen LogP contribution in [-0.4, -0.2) is 16.6 Å². The summed E-state index contributed by atoms with van der Waals surface area (Å²) in [7, 11) is 0. The molecule has 0 aliphatic heterocycles. The van der Waals surface area contributed by atoms with Crippen LogP contribution in [0.4, 0.5) is 0 Å². The van der Waals surface area contributed by atoms with Crippen LogP contribution in [0.15, 0.2) is 0 Å². The Balaban J connectivity index is 2.50. The number of fused-ring (bicyclic) bond motifs is 2. The van der Waals surface area contributed by atoms with E-state index in [0.717, 1.165) is 12.8 Å². The molecular weight excluding hydrogens is 178 g/mol. The van der Waals surface area contributed by atoms with Gasteiger partial charge in [0.05, 0.1) is 0 Å². The molecule has 0 radical (unpaired) electrons. The molecule has 0 amide bonds. The zero-order valence-corrected chi connectivity index (χ0v) is 9.13. The maximum absolute atomic E-state index is 11.3. The van der Waals surface area contributed by atoms with E-state index in [1.807, 2.05) is 6.92 Å². The lowest BCUT2D eigenvalue weighted by molar-refractivity contribution is -0.149. The molecule has 3 N–H and O–H groups in total. The smallest absolute Gasteiger partial charge is 0.324 e. The zero-order chi connectivity index (χ0) is 10.8. The number of carboxylic acid groups (broad SMARTS) is 1. The lowest BCUT2D eigenvalue weighted by Gasteiger charge is -2.43. The minimum atomic E-state index is -1.00. The second kappa shape index (κ2) is 2.32. The summed E-state index contributed by atoms with van der Waals surface area (Å²) in [6, 6.07) is 0. The number of hydrogen-bond donors (Lipinski definition) is 2. The molecule has 0 aromatic heterocycles. The SMILES string of the molecule is CC1(C)[C@H]2CC[C@]1(C)[C@@](N)(C(=O)O)C2. The lowest BCUT2D eigenvalue weighted by atomic mass is 9.63. The van der Waals surface area contributed by atoms with Gasteiger partial charge in [0.2, 0.25) is 0 Å². The zero-order valence-electron chi connectivity index (χ0n) is 9.13. The van der Waals surface area contributed by atoms with E-state index >= 15 is 0 Å². The predicted octanol–water partition coefficient (Wildman–Crippen LogP) is 1.61. The lowest BCUT2D eigenvalue weighted by Crippen LogP contribution is -2.59. The Labute approximate surface area is 84.7 Å². The fourth-order valence-corrected chi connectivity index (χ4v) is 3.69. The standard InChI is InChI=1S/C11H19NO2/c1-9(2)7-4-5-10(9,3)11(12,6-7)8(13)14/h7H,4-6,12H2,1-3H3,(H,13,14)/t7-,10-,11-/m0/s1. The van der Waals surface area contributed by atoms with Crippen molar-refractivity contribution in [3.05, 3.63) is 0 Å². The highest BCUT2D eigenvalue weighted by Crippen LogP contribution is 2.68. The Morgan fingerprint density at radius 2 is 2.00 bits per heavy atom. The van der Waals surface area contributed by atoms with Crippen LogP contribution in [0.3, 0.4) is 0 Å². The molecule has 2 bridgehead atoms. The van der Waals surface area contributed by atoms with Gasteiger partial charge in [-0.15, -0.1) is 0 Å². The minimum absolute atomic E-state index is 0.0696. The molecule has 0 aromatic carbocycles. The summed E-state index contributed by atoms with van der Waals surface area (Å²) in [6.07, 6.45) is 2.73. The van der Waals surface area contributed by atoms with Gasteiger partial charge in [-0.3, -0.25) is 4.79 Å². The average molecular weight is 197 g/mol. The summed E-state index contributed by atoms with van der Waals surface area (Å²) in [4.78, 5) is 11.3. The summed E-state index contributed by atoms with van der Waals surface area (Å²) in [5.41, 5.74) is 4.93. The highest BCUT2D eigenvalue weighted by Gasteiger charge is 2.70. The van der Waals surface area contributed by atoms with Gasteiger partial charge in [-0.2, -0.15) is 0 Å². The molecule has 2 aliphatic carbocycles. The van der Waals surface area contributed by atoms with Gasteiger partial charge in [0.15, 0.2) is 0 Å². The van der Waals surface area contributed by atoms with E-state index in [1.165, 1.54) is 0 Å². The molecule has 3 atom stereocenters. The molecule has 0 spiro atoms. The molecule has 80 valence electrons. The molecule has 2 aliphatic rings. The van der Waals surface area contributed by atoms with Crippen molar-refractivity contribution in [1.29, 1.82) is 0 Å². The van der Waals surface area contributed by atoms with Crippen molar-refractivity contribution in [2.75, 3.05) is 0 Å². The van der Waals surface area contributed by atoms with Crippen molar-refractivity contribution < 1.29 is 9.90 Å². The Morgan fingerprint density at radius 1 is 1.43 bits per heavy atom.